The zero-order valence-electron chi connectivity index (χ0n) is 12.3. The summed E-state index contributed by atoms with van der Waals surface area (Å²) in [4.78, 5) is -2.99. The lowest BCUT2D eigenvalue weighted by Gasteiger charge is -2.11. The van der Waals surface area contributed by atoms with Crippen LogP contribution < -0.4 is 0 Å². The van der Waals surface area contributed by atoms with Gasteiger partial charge in [0.25, 0.3) is 10.0 Å². The number of sulfone groups is 1. The van der Waals surface area contributed by atoms with Crippen LogP contribution in [0, 0.1) is 23.3 Å². The molecule has 136 valence electrons. The molecule has 0 unspecified atom stereocenters. The molecule has 24 heavy (non-hydrogen) atoms. The quantitative estimate of drug-likeness (QED) is 0.323. The van der Waals surface area contributed by atoms with Gasteiger partial charge in [-0.25, -0.2) is 26.0 Å². The highest BCUT2D eigenvalue weighted by Crippen LogP contribution is 2.31. The molecular formula is C11H12F4N2O5S2. The van der Waals surface area contributed by atoms with Gasteiger partial charge in [0.15, 0.2) is 38.0 Å². The van der Waals surface area contributed by atoms with Gasteiger partial charge in [-0.2, -0.15) is 8.42 Å². The second kappa shape index (κ2) is 7.03. The van der Waals surface area contributed by atoms with Crippen LogP contribution in [0.1, 0.15) is 0 Å². The molecule has 1 aromatic rings. The zero-order valence-corrected chi connectivity index (χ0v) is 13.9. The molecule has 0 bridgehead atoms. The predicted octanol–water partition coefficient (Wildman–Crippen LogP) is 0.288. The first-order chi connectivity index (χ1) is 10.9. The van der Waals surface area contributed by atoms with Crippen LogP contribution >= 0.6 is 0 Å². The summed E-state index contributed by atoms with van der Waals surface area (Å²) in [6, 6.07) is 0. The van der Waals surface area contributed by atoms with Crippen molar-refractivity contribution < 1.29 is 39.5 Å². The van der Waals surface area contributed by atoms with Crippen LogP contribution in [-0.4, -0.2) is 59.6 Å². The number of hydrogen-bond acceptors (Lipinski definition) is 5. The molecule has 1 aromatic carbocycles. The molecule has 0 amide bonds. The van der Waals surface area contributed by atoms with Crippen LogP contribution in [-0.2, 0) is 19.9 Å². The fraction of sp³-hybridized carbons (Fsp3) is 0.364. The van der Waals surface area contributed by atoms with Crippen LogP contribution in [0.15, 0.2) is 14.2 Å². The first-order valence-electron chi connectivity index (χ1n) is 6.03. The van der Waals surface area contributed by atoms with Crippen LogP contribution in [0.5, 0.6) is 0 Å². The average molecular weight is 392 g/mol. The number of sulfonamides is 1. The van der Waals surface area contributed by atoms with Gasteiger partial charge >= 0.3 is 0 Å². The Hall–Kier alpha value is -1.73. The van der Waals surface area contributed by atoms with E-state index in [1.807, 2.05) is 0 Å². The van der Waals surface area contributed by atoms with Crippen LogP contribution in [0.3, 0.4) is 0 Å². The minimum atomic E-state index is -5.18. The standard InChI is InChI=1S/C11H12F4N2O5S2/c1-17(2)5-16-24(21,22)11-8(14)6(12)10(7(13)9(11)15)23(19,20)4-3-18/h5,18H,3-4H2,1-2H3. The highest BCUT2D eigenvalue weighted by Gasteiger charge is 2.37. The number of hydrogen-bond donors (Lipinski definition) is 1. The van der Waals surface area contributed by atoms with E-state index >= 15 is 0 Å². The number of rotatable bonds is 6. The van der Waals surface area contributed by atoms with E-state index in [0.29, 0.717) is 6.34 Å². The monoisotopic (exact) mass is 392 g/mol. The fourth-order valence-electron chi connectivity index (χ4n) is 1.52. The van der Waals surface area contributed by atoms with Crippen molar-refractivity contribution in [3.63, 3.8) is 0 Å². The van der Waals surface area contributed by atoms with E-state index in [1.54, 1.807) is 0 Å². The number of aliphatic hydroxyl groups is 1. The Bertz CT molecular complexity index is 853. The molecule has 1 rings (SSSR count). The minimum absolute atomic E-state index is 0.612. The Kier molecular flexibility index (Phi) is 5.95. The first-order valence-corrected chi connectivity index (χ1v) is 9.12. The van der Waals surface area contributed by atoms with Crippen molar-refractivity contribution in [1.29, 1.82) is 0 Å². The van der Waals surface area contributed by atoms with Gasteiger partial charge in [-0.1, -0.05) is 0 Å². The van der Waals surface area contributed by atoms with E-state index in [4.69, 9.17) is 5.11 Å². The molecule has 0 atom stereocenters. The van der Waals surface area contributed by atoms with Crippen molar-refractivity contribution in [2.24, 2.45) is 4.40 Å². The van der Waals surface area contributed by atoms with E-state index in [9.17, 15) is 34.4 Å². The van der Waals surface area contributed by atoms with Crippen molar-refractivity contribution in [2.45, 2.75) is 9.79 Å². The molecule has 0 aromatic heterocycles. The second-order valence-electron chi connectivity index (χ2n) is 4.62. The largest absolute Gasteiger partial charge is 0.395 e. The van der Waals surface area contributed by atoms with E-state index in [2.05, 4.69) is 4.40 Å². The molecule has 1 N–H and O–H groups in total. The second-order valence-corrected chi connectivity index (χ2v) is 8.23. The van der Waals surface area contributed by atoms with Gasteiger partial charge in [0.2, 0.25) is 0 Å². The van der Waals surface area contributed by atoms with E-state index < -0.39 is 65.3 Å². The molecule has 0 aliphatic rings. The molecule has 0 saturated carbocycles. The summed E-state index contributed by atoms with van der Waals surface area (Å²) < 4.78 is 105. The Balaban J connectivity index is 3.79. The molecular weight excluding hydrogens is 380 g/mol. The zero-order chi connectivity index (χ0) is 18.9. The maximum absolute atomic E-state index is 13.9. The summed E-state index contributed by atoms with van der Waals surface area (Å²) in [6.45, 7) is -1.07. The third-order valence-electron chi connectivity index (χ3n) is 2.53. The number of halogens is 4. The third-order valence-corrected chi connectivity index (χ3v) is 5.48. The lowest BCUT2D eigenvalue weighted by atomic mass is 10.3. The smallest absolute Gasteiger partial charge is 0.289 e. The van der Waals surface area contributed by atoms with Gasteiger partial charge in [0.1, 0.15) is 11.2 Å². The maximum atomic E-state index is 13.9. The number of benzene rings is 1. The summed E-state index contributed by atoms with van der Waals surface area (Å²) in [6.07, 6.45) is 0.612. The average Bonchev–Trinajstić information content (AvgIpc) is 2.43. The fourth-order valence-corrected chi connectivity index (χ4v) is 3.74. The first kappa shape index (κ1) is 20.3. The van der Waals surface area contributed by atoms with E-state index in [1.165, 1.54) is 14.1 Å². The number of aliphatic hydroxyl groups excluding tert-OH is 1. The van der Waals surface area contributed by atoms with Gasteiger partial charge < -0.3 is 10.0 Å². The Labute approximate surface area is 135 Å². The molecule has 13 heteroatoms. The van der Waals surface area contributed by atoms with Gasteiger partial charge in [0, 0.05) is 14.1 Å². The molecule has 0 aliphatic carbocycles. The highest BCUT2D eigenvalue weighted by atomic mass is 32.2. The summed E-state index contributed by atoms with van der Waals surface area (Å²) in [5.41, 5.74) is 0. The molecule has 0 fully saturated rings. The van der Waals surface area contributed by atoms with Crippen LogP contribution in [0.4, 0.5) is 17.6 Å². The van der Waals surface area contributed by atoms with Crippen molar-refractivity contribution in [2.75, 3.05) is 26.5 Å². The molecule has 7 nitrogen and oxygen atoms in total. The van der Waals surface area contributed by atoms with Crippen molar-refractivity contribution in [3.8, 4) is 0 Å². The number of nitrogens with zero attached hydrogens (tertiary/aromatic N) is 2. The van der Waals surface area contributed by atoms with Crippen LogP contribution in [0.25, 0.3) is 0 Å². The molecule has 0 radical (unpaired) electrons. The maximum Gasteiger partial charge on any atom is 0.289 e. The summed E-state index contributed by atoms with van der Waals surface area (Å²) >= 11 is 0. The SMILES string of the molecule is CN(C)C=NS(=O)(=O)c1c(F)c(F)c(S(=O)(=O)CCO)c(F)c1F. The summed E-state index contributed by atoms with van der Waals surface area (Å²) in [5.74, 6) is -10.9. The summed E-state index contributed by atoms with van der Waals surface area (Å²) in [5, 5.41) is 8.56. The van der Waals surface area contributed by atoms with Gasteiger partial charge in [-0.05, 0) is 0 Å². The van der Waals surface area contributed by atoms with Gasteiger partial charge in [-0.15, -0.1) is 4.40 Å². The normalized spacial score (nSPS) is 12.8. The highest BCUT2D eigenvalue weighted by molar-refractivity contribution is 7.91. The summed E-state index contributed by atoms with van der Waals surface area (Å²) in [7, 11) is -7.47. The van der Waals surface area contributed by atoms with Gasteiger partial charge in [0.05, 0.1) is 12.4 Å². The van der Waals surface area contributed by atoms with Crippen molar-refractivity contribution in [3.05, 3.63) is 23.3 Å². The van der Waals surface area contributed by atoms with Crippen LogP contribution in [0.2, 0.25) is 0 Å². The topological polar surface area (TPSA) is 104 Å². The van der Waals surface area contributed by atoms with E-state index in [0.717, 1.165) is 4.90 Å². The van der Waals surface area contributed by atoms with Gasteiger partial charge in [-0.3, -0.25) is 0 Å². The lowest BCUT2D eigenvalue weighted by molar-refractivity contribution is 0.318. The molecule has 0 saturated heterocycles. The Morgan fingerprint density at radius 3 is 1.75 bits per heavy atom. The van der Waals surface area contributed by atoms with E-state index in [-0.39, 0.29) is 0 Å². The predicted molar refractivity (Wildman–Crippen MR) is 74.8 cm³/mol. The Morgan fingerprint density at radius 1 is 0.958 bits per heavy atom. The van der Waals surface area contributed by atoms with Crippen molar-refractivity contribution in [1.82, 2.24) is 4.90 Å². The minimum Gasteiger partial charge on any atom is -0.395 e. The Morgan fingerprint density at radius 2 is 1.38 bits per heavy atom. The molecule has 0 heterocycles. The molecule has 0 spiro atoms. The third kappa shape index (κ3) is 3.84. The molecule has 0 aliphatic heterocycles. The lowest BCUT2D eigenvalue weighted by Crippen LogP contribution is -2.19. The van der Waals surface area contributed by atoms with Crippen molar-refractivity contribution >= 4 is 26.2 Å².